The molecule has 6 heteroatoms. The van der Waals surface area contributed by atoms with Gasteiger partial charge >= 0.3 is 0 Å². The summed E-state index contributed by atoms with van der Waals surface area (Å²) in [6.07, 6.45) is 15.7. The number of benzene rings is 2. The Bertz CT molecular complexity index is 1180. The summed E-state index contributed by atoms with van der Waals surface area (Å²) >= 11 is 6.42. The smallest absolute Gasteiger partial charge is 0.230 e. The molecular weight excluding hydrogens is 506 g/mol. The van der Waals surface area contributed by atoms with Gasteiger partial charge in [0.2, 0.25) is 5.91 Å². The average Bonchev–Trinajstić information content (AvgIpc) is 3.81. The number of hydrogen-bond acceptors (Lipinski definition) is 4. The van der Waals surface area contributed by atoms with E-state index in [0.29, 0.717) is 22.9 Å². The summed E-state index contributed by atoms with van der Waals surface area (Å²) in [7, 11) is 1.65. The fourth-order valence-corrected chi connectivity index (χ4v) is 6.55. The zero-order valence-electron chi connectivity index (χ0n) is 23.1. The number of amides is 1. The van der Waals surface area contributed by atoms with Gasteiger partial charge in [0.15, 0.2) is 0 Å². The Labute approximate surface area is 238 Å². The van der Waals surface area contributed by atoms with Gasteiger partial charge in [-0.05, 0) is 98.6 Å². The molecule has 3 fully saturated rings. The van der Waals surface area contributed by atoms with Gasteiger partial charge in [-0.3, -0.25) is 4.79 Å². The second-order valence-electron chi connectivity index (χ2n) is 11.6. The van der Waals surface area contributed by atoms with E-state index < -0.39 is 0 Å². The number of hydrogen-bond donors (Lipinski definition) is 2. The summed E-state index contributed by atoms with van der Waals surface area (Å²) in [5, 5.41) is 12.1. The fraction of sp³-hybridized carbons (Fsp3) is 0.515. The molecule has 39 heavy (non-hydrogen) atoms. The molecule has 0 aliphatic heterocycles. The minimum Gasteiger partial charge on any atom is -0.495 e. The summed E-state index contributed by atoms with van der Waals surface area (Å²) in [6, 6.07) is 15.0. The van der Waals surface area contributed by atoms with E-state index in [0.717, 1.165) is 80.5 Å². The molecule has 0 atom stereocenters. The standard InChI is InChI=1S/C33H42ClN3O2/c1-39-32-17-14-27(19-31(32)34)24-12-10-23(11-13-24)22-37(33(38)25-6-3-2-4-7-25)30-9-5-8-26(18-30)28(20-35)21-36-29-15-16-29/h5,8-9,14,17-21,23-25,29,35-36H,2-4,6-7,10-13,15-16,22H2,1H3/b28-21+,35-20?. The van der Waals surface area contributed by atoms with Crippen LogP contribution in [-0.2, 0) is 4.79 Å². The number of allylic oxidation sites excluding steroid dienone is 1. The molecule has 3 aliphatic carbocycles. The van der Waals surface area contributed by atoms with E-state index in [1.165, 1.54) is 31.0 Å². The highest BCUT2D eigenvalue weighted by Gasteiger charge is 2.31. The van der Waals surface area contributed by atoms with Gasteiger partial charge in [-0.2, -0.15) is 0 Å². The molecule has 0 spiro atoms. The van der Waals surface area contributed by atoms with Crippen molar-refractivity contribution in [3.05, 3.63) is 64.8 Å². The van der Waals surface area contributed by atoms with Crippen LogP contribution < -0.4 is 15.0 Å². The highest BCUT2D eigenvalue weighted by atomic mass is 35.5. The van der Waals surface area contributed by atoms with E-state index in [1.54, 1.807) is 7.11 Å². The summed E-state index contributed by atoms with van der Waals surface area (Å²) in [5.74, 6) is 2.09. The number of anilines is 1. The SMILES string of the molecule is COc1ccc(C2CCC(CN(C(=O)C3CCCCC3)c3cccc(/C(C=N)=C/NC4CC4)c3)CC2)cc1Cl. The van der Waals surface area contributed by atoms with Crippen molar-refractivity contribution in [3.8, 4) is 5.75 Å². The molecule has 2 aromatic carbocycles. The van der Waals surface area contributed by atoms with Crippen LogP contribution in [0.4, 0.5) is 5.69 Å². The normalized spacial score (nSPS) is 22.3. The van der Waals surface area contributed by atoms with E-state index in [4.69, 9.17) is 21.7 Å². The maximum atomic E-state index is 14.0. The third kappa shape index (κ3) is 7.05. The zero-order valence-corrected chi connectivity index (χ0v) is 23.9. The number of rotatable bonds is 10. The van der Waals surface area contributed by atoms with E-state index in [1.807, 2.05) is 24.4 Å². The molecule has 0 aromatic heterocycles. The van der Waals surface area contributed by atoms with Crippen LogP contribution in [0.2, 0.25) is 5.02 Å². The van der Waals surface area contributed by atoms with Crippen LogP contribution in [0.3, 0.4) is 0 Å². The molecule has 208 valence electrons. The van der Waals surface area contributed by atoms with Crippen molar-refractivity contribution in [2.24, 2.45) is 11.8 Å². The van der Waals surface area contributed by atoms with Crippen molar-refractivity contribution in [1.82, 2.24) is 5.32 Å². The first-order valence-electron chi connectivity index (χ1n) is 14.8. The summed E-state index contributed by atoms with van der Waals surface area (Å²) in [6.45, 7) is 0.763. The second kappa shape index (κ2) is 13.0. The fourth-order valence-electron chi connectivity index (χ4n) is 6.28. The van der Waals surface area contributed by atoms with Crippen molar-refractivity contribution >= 4 is 35.0 Å². The number of ether oxygens (including phenoxy) is 1. The Morgan fingerprint density at radius 1 is 1.03 bits per heavy atom. The predicted molar refractivity (Wildman–Crippen MR) is 161 cm³/mol. The molecule has 5 rings (SSSR count). The quantitative estimate of drug-likeness (QED) is 0.296. The summed E-state index contributed by atoms with van der Waals surface area (Å²) in [4.78, 5) is 16.0. The third-order valence-electron chi connectivity index (χ3n) is 8.85. The number of halogens is 1. The van der Waals surface area contributed by atoms with Crippen LogP contribution in [0, 0.1) is 17.2 Å². The van der Waals surface area contributed by atoms with Gasteiger partial charge < -0.3 is 20.4 Å². The lowest BCUT2D eigenvalue weighted by Crippen LogP contribution is -2.41. The Morgan fingerprint density at radius 2 is 1.79 bits per heavy atom. The maximum absolute atomic E-state index is 14.0. The van der Waals surface area contributed by atoms with Crippen molar-refractivity contribution < 1.29 is 9.53 Å². The van der Waals surface area contributed by atoms with Crippen LogP contribution in [0.25, 0.3) is 5.57 Å². The minimum absolute atomic E-state index is 0.120. The van der Waals surface area contributed by atoms with E-state index >= 15 is 0 Å². The van der Waals surface area contributed by atoms with Gasteiger partial charge in [-0.15, -0.1) is 0 Å². The number of carbonyl (C=O) groups excluding carboxylic acids is 1. The molecule has 5 nitrogen and oxygen atoms in total. The first kappa shape index (κ1) is 27.8. The number of methoxy groups -OCH3 is 1. The highest BCUT2D eigenvalue weighted by Crippen LogP contribution is 2.39. The molecular formula is C33H42ClN3O2. The van der Waals surface area contributed by atoms with E-state index in [9.17, 15) is 4.79 Å². The van der Waals surface area contributed by atoms with Crippen LogP contribution in [-0.4, -0.2) is 31.8 Å². The second-order valence-corrected chi connectivity index (χ2v) is 12.0. The molecule has 1 amide bonds. The first-order chi connectivity index (χ1) is 19.1. The number of nitrogens with zero attached hydrogens (tertiary/aromatic N) is 1. The maximum Gasteiger partial charge on any atom is 0.230 e. The van der Waals surface area contributed by atoms with Crippen LogP contribution >= 0.6 is 11.6 Å². The molecule has 2 N–H and O–H groups in total. The van der Waals surface area contributed by atoms with Gasteiger partial charge in [0, 0.05) is 42.2 Å². The Morgan fingerprint density at radius 3 is 2.46 bits per heavy atom. The van der Waals surface area contributed by atoms with Gasteiger partial charge in [-0.1, -0.05) is 49.1 Å². The van der Waals surface area contributed by atoms with Gasteiger partial charge in [0.25, 0.3) is 0 Å². The van der Waals surface area contributed by atoms with Crippen molar-refractivity contribution in [3.63, 3.8) is 0 Å². The zero-order chi connectivity index (χ0) is 27.2. The highest BCUT2D eigenvalue weighted by molar-refractivity contribution is 6.32. The molecule has 3 aliphatic rings. The summed E-state index contributed by atoms with van der Waals surface area (Å²) < 4.78 is 5.33. The molecule has 3 saturated carbocycles. The van der Waals surface area contributed by atoms with E-state index in [-0.39, 0.29) is 11.8 Å². The van der Waals surface area contributed by atoms with Crippen molar-refractivity contribution in [1.29, 1.82) is 5.41 Å². The Balaban J connectivity index is 1.31. The minimum atomic E-state index is 0.120. The predicted octanol–water partition coefficient (Wildman–Crippen LogP) is 7.98. The third-order valence-corrected chi connectivity index (χ3v) is 9.15. The molecule has 0 bridgehead atoms. The molecule has 0 saturated heterocycles. The number of nitrogens with one attached hydrogen (secondary N) is 2. The lowest BCUT2D eigenvalue weighted by atomic mass is 9.78. The molecule has 0 unspecified atom stereocenters. The summed E-state index contributed by atoms with van der Waals surface area (Å²) in [5.41, 5.74) is 4.09. The van der Waals surface area contributed by atoms with Gasteiger partial charge in [0.1, 0.15) is 5.75 Å². The first-order valence-corrected chi connectivity index (χ1v) is 15.2. The van der Waals surface area contributed by atoms with Crippen molar-refractivity contribution in [2.45, 2.75) is 82.6 Å². The van der Waals surface area contributed by atoms with Crippen LogP contribution in [0.5, 0.6) is 5.75 Å². The average molecular weight is 548 g/mol. The van der Waals surface area contributed by atoms with Crippen LogP contribution in [0.1, 0.15) is 87.7 Å². The number of carbonyl (C=O) groups is 1. The Hall–Kier alpha value is -2.79. The molecule has 0 heterocycles. The molecule has 0 radical (unpaired) electrons. The largest absolute Gasteiger partial charge is 0.495 e. The Kier molecular flexibility index (Phi) is 9.28. The topological polar surface area (TPSA) is 65.4 Å². The van der Waals surface area contributed by atoms with Crippen molar-refractivity contribution in [2.75, 3.05) is 18.6 Å². The molecule has 2 aromatic rings. The van der Waals surface area contributed by atoms with Gasteiger partial charge in [-0.25, -0.2) is 0 Å². The van der Waals surface area contributed by atoms with E-state index in [2.05, 4.69) is 34.5 Å². The lowest BCUT2D eigenvalue weighted by Gasteiger charge is -2.35. The van der Waals surface area contributed by atoms with Crippen LogP contribution in [0.15, 0.2) is 48.7 Å². The monoisotopic (exact) mass is 547 g/mol. The van der Waals surface area contributed by atoms with Gasteiger partial charge in [0.05, 0.1) is 12.1 Å². The lowest BCUT2D eigenvalue weighted by molar-refractivity contribution is -0.123.